The maximum absolute atomic E-state index is 12.4. The summed E-state index contributed by atoms with van der Waals surface area (Å²) in [6, 6.07) is 0. The van der Waals surface area contributed by atoms with Crippen LogP contribution in [0.25, 0.3) is 0 Å². The zero-order chi connectivity index (χ0) is 25.0. The molecule has 0 bridgehead atoms. The molecule has 1 aromatic heterocycles. The molecule has 0 atom stereocenters. The molecule has 1 saturated heterocycles. The van der Waals surface area contributed by atoms with Crippen molar-refractivity contribution >= 4 is 40.5 Å². The Morgan fingerprint density at radius 1 is 1.21 bits per heavy atom. The van der Waals surface area contributed by atoms with Crippen LogP contribution in [0, 0.1) is 5.41 Å². The Morgan fingerprint density at radius 2 is 1.91 bits per heavy atom. The van der Waals surface area contributed by atoms with Gasteiger partial charge in [-0.1, -0.05) is 45.1 Å². The molecule has 1 aliphatic rings. The SMILES string of the molecule is COC(=O)CCNC(=S)N1CCC(c2nc(C(=O)NC/C=C\C/C=C\CC(C)(C)C)cs2)CC1. The lowest BCUT2D eigenvalue weighted by Crippen LogP contribution is -2.44. The largest absolute Gasteiger partial charge is 0.469 e. The fourth-order valence-corrected chi connectivity index (χ4v) is 4.68. The maximum Gasteiger partial charge on any atom is 0.307 e. The predicted octanol–water partition coefficient (Wildman–Crippen LogP) is 4.43. The highest BCUT2D eigenvalue weighted by molar-refractivity contribution is 7.80. The van der Waals surface area contributed by atoms with E-state index in [1.54, 1.807) is 11.3 Å². The summed E-state index contributed by atoms with van der Waals surface area (Å²) < 4.78 is 4.64. The second-order valence-corrected chi connectivity index (χ2v) is 10.8. The second kappa shape index (κ2) is 14.2. The summed E-state index contributed by atoms with van der Waals surface area (Å²) >= 11 is 6.99. The predicted molar refractivity (Wildman–Crippen MR) is 142 cm³/mol. The van der Waals surface area contributed by atoms with E-state index in [2.05, 4.69) is 64.3 Å². The first kappa shape index (κ1) is 28.0. The third-order valence-electron chi connectivity index (χ3n) is 5.44. The van der Waals surface area contributed by atoms with Gasteiger partial charge in [-0.15, -0.1) is 11.3 Å². The average molecular weight is 507 g/mol. The van der Waals surface area contributed by atoms with Gasteiger partial charge in [0.05, 0.1) is 18.5 Å². The van der Waals surface area contributed by atoms with Gasteiger partial charge in [-0.2, -0.15) is 0 Å². The fraction of sp³-hybridized carbons (Fsp3) is 0.600. The monoisotopic (exact) mass is 506 g/mol. The first-order valence-electron chi connectivity index (χ1n) is 11.8. The van der Waals surface area contributed by atoms with Crippen LogP contribution in [0.15, 0.2) is 29.7 Å². The molecule has 7 nitrogen and oxygen atoms in total. The van der Waals surface area contributed by atoms with Crippen LogP contribution in [0.2, 0.25) is 0 Å². The van der Waals surface area contributed by atoms with Gasteiger partial charge in [0.1, 0.15) is 5.69 Å². The van der Waals surface area contributed by atoms with Crippen molar-refractivity contribution in [2.24, 2.45) is 5.41 Å². The van der Waals surface area contributed by atoms with Gasteiger partial charge in [0.25, 0.3) is 5.91 Å². The molecule has 0 aliphatic carbocycles. The van der Waals surface area contributed by atoms with Crippen LogP contribution in [-0.4, -0.2) is 60.2 Å². The molecule has 2 N–H and O–H groups in total. The van der Waals surface area contributed by atoms with Gasteiger partial charge in [0, 0.05) is 37.5 Å². The van der Waals surface area contributed by atoms with E-state index in [0.717, 1.165) is 43.8 Å². The molecule has 1 aromatic rings. The van der Waals surface area contributed by atoms with E-state index in [9.17, 15) is 9.59 Å². The Kier molecular flexibility index (Phi) is 11.7. The van der Waals surface area contributed by atoms with Crippen LogP contribution in [0.3, 0.4) is 0 Å². The number of hydrogen-bond acceptors (Lipinski definition) is 6. The highest BCUT2D eigenvalue weighted by atomic mass is 32.1. The number of ether oxygens (including phenoxy) is 1. The van der Waals surface area contributed by atoms with Crippen molar-refractivity contribution in [3.05, 3.63) is 40.4 Å². The summed E-state index contributed by atoms with van der Waals surface area (Å²) in [5, 5.41) is 9.55. The minimum absolute atomic E-state index is 0.135. The Balaban J connectivity index is 1.69. The van der Waals surface area contributed by atoms with E-state index < -0.39 is 0 Å². The van der Waals surface area contributed by atoms with Crippen LogP contribution in [0.5, 0.6) is 0 Å². The van der Waals surface area contributed by atoms with Crippen molar-refractivity contribution in [3.63, 3.8) is 0 Å². The number of allylic oxidation sites excluding steroid dienone is 3. The molecule has 0 saturated carbocycles. The number of hydrogen-bond donors (Lipinski definition) is 2. The number of nitrogens with one attached hydrogen (secondary N) is 2. The summed E-state index contributed by atoms with van der Waals surface area (Å²) in [5.41, 5.74) is 0.801. The third kappa shape index (κ3) is 10.3. The lowest BCUT2D eigenvalue weighted by Gasteiger charge is -2.33. The van der Waals surface area contributed by atoms with Gasteiger partial charge < -0.3 is 20.3 Å². The Hall–Kier alpha value is -2.26. The van der Waals surface area contributed by atoms with Crippen molar-refractivity contribution < 1.29 is 14.3 Å². The molecule has 188 valence electrons. The molecule has 9 heteroatoms. The number of carbonyl (C=O) groups is 2. The quantitative estimate of drug-likeness (QED) is 0.276. The molecule has 34 heavy (non-hydrogen) atoms. The lowest BCUT2D eigenvalue weighted by molar-refractivity contribution is -0.140. The summed E-state index contributed by atoms with van der Waals surface area (Å²) in [6.45, 7) is 9.29. The van der Waals surface area contributed by atoms with E-state index in [4.69, 9.17) is 12.2 Å². The molecule has 2 heterocycles. The first-order valence-corrected chi connectivity index (χ1v) is 13.1. The molecule has 2 rings (SSSR count). The number of piperidine rings is 1. The highest BCUT2D eigenvalue weighted by Gasteiger charge is 2.25. The van der Waals surface area contributed by atoms with Crippen molar-refractivity contribution in [1.29, 1.82) is 0 Å². The molecule has 1 aliphatic heterocycles. The summed E-state index contributed by atoms with van der Waals surface area (Å²) in [5.74, 6) is -0.0540. The molecular formula is C25H38N4O3S2. The van der Waals surface area contributed by atoms with Crippen LogP contribution in [0.4, 0.5) is 0 Å². The average Bonchev–Trinajstić information content (AvgIpc) is 3.30. The zero-order valence-corrected chi connectivity index (χ0v) is 22.4. The smallest absolute Gasteiger partial charge is 0.307 e. The fourth-order valence-electron chi connectivity index (χ4n) is 3.43. The van der Waals surface area contributed by atoms with Gasteiger partial charge in [0.2, 0.25) is 0 Å². The Morgan fingerprint density at radius 3 is 2.59 bits per heavy atom. The Labute approximate surface area is 213 Å². The normalized spacial score (nSPS) is 15.1. The number of amides is 1. The lowest BCUT2D eigenvalue weighted by atomic mass is 9.92. The van der Waals surface area contributed by atoms with Crippen LogP contribution < -0.4 is 10.6 Å². The number of thiazole rings is 1. The number of aromatic nitrogens is 1. The minimum atomic E-state index is -0.252. The number of carbonyl (C=O) groups excluding carboxylic acids is 2. The van der Waals surface area contributed by atoms with Crippen molar-refractivity contribution in [3.8, 4) is 0 Å². The third-order valence-corrected chi connectivity index (χ3v) is 6.84. The van der Waals surface area contributed by atoms with E-state index in [1.807, 2.05) is 11.5 Å². The number of rotatable bonds is 10. The van der Waals surface area contributed by atoms with Gasteiger partial charge >= 0.3 is 5.97 Å². The van der Waals surface area contributed by atoms with Gasteiger partial charge in [-0.3, -0.25) is 9.59 Å². The summed E-state index contributed by atoms with van der Waals surface area (Å²) in [7, 11) is 1.38. The highest BCUT2D eigenvalue weighted by Crippen LogP contribution is 2.30. The summed E-state index contributed by atoms with van der Waals surface area (Å²) in [6.07, 6.45) is 12.5. The molecule has 0 spiro atoms. The maximum atomic E-state index is 12.4. The number of thiocarbonyl (C=S) groups is 1. The van der Waals surface area contributed by atoms with Crippen molar-refractivity contribution in [2.45, 2.75) is 58.8 Å². The summed E-state index contributed by atoms with van der Waals surface area (Å²) in [4.78, 5) is 30.3. The molecule has 0 radical (unpaired) electrons. The van der Waals surface area contributed by atoms with Gasteiger partial charge in [-0.25, -0.2) is 4.98 Å². The van der Waals surface area contributed by atoms with Gasteiger partial charge in [0.15, 0.2) is 5.11 Å². The molecule has 1 amide bonds. The van der Waals surface area contributed by atoms with Gasteiger partial charge in [-0.05, 0) is 43.3 Å². The molecule has 1 fully saturated rings. The van der Waals surface area contributed by atoms with Crippen LogP contribution >= 0.6 is 23.6 Å². The minimum Gasteiger partial charge on any atom is -0.469 e. The standard InChI is InChI=1S/C25H38N4O3S2/c1-25(2,3)13-8-6-5-7-9-14-26-22(31)20-18-34-23(28-20)19-11-16-29(17-12-19)24(33)27-15-10-21(30)32-4/h6-9,18-19H,5,10-17H2,1-4H3,(H,26,31)(H,27,33)/b8-6-,9-7-. The number of likely N-dealkylation sites (tertiary alicyclic amines) is 1. The Bertz CT molecular complexity index is 866. The zero-order valence-electron chi connectivity index (χ0n) is 20.8. The molecular weight excluding hydrogens is 468 g/mol. The topological polar surface area (TPSA) is 83.6 Å². The van der Waals surface area contributed by atoms with E-state index >= 15 is 0 Å². The molecule has 0 unspecified atom stereocenters. The first-order chi connectivity index (χ1) is 16.2. The van der Waals surface area contributed by atoms with Crippen LogP contribution in [-0.2, 0) is 9.53 Å². The van der Waals surface area contributed by atoms with Crippen LogP contribution in [0.1, 0.15) is 74.3 Å². The van der Waals surface area contributed by atoms with E-state index in [-0.39, 0.29) is 11.9 Å². The second-order valence-electron chi connectivity index (χ2n) is 9.54. The van der Waals surface area contributed by atoms with E-state index in [0.29, 0.717) is 41.6 Å². The number of esters is 1. The molecule has 0 aromatic carbocycles. The van der Waals surface area contributed by atoms with Crippen molar-refractivity contribution in [2.75, 3.05) is 33.3 Å². The number of nitrogens with zero attached hydrogens (tertiary/aromatic N) is 2. The number of methoxy groups -OCH3 is 1. The van der Waals surface area contributed by atoms with E-state index in [1.165, 1.54) is 7.11 Å². The van der Waals surface area contributed by atoms with Crippen molar-refractivity contribution in [1.82, 2.24) is 20.5 Å².